The fourth-order valence-electron chi connectivity index (χ4n) is 2.96. The molecule has 0 aliphatic heterocycles. The summed E-state index contributed by atoms with van der Waals surface area (Å²) in [6.45, 7) is 0.734. The standard InChI is InChI=1S/C13H19NO2.C12H17NO2/c1-14-12(10-16-2)13(15)9-8-11-6-4-3-5-7-11;1-15-9-11(13)12(14)8-7-10-5-3-2-4-6-10/h3-7,12,14H,8-10H2,1-2H3;2-6,11H,7-9,13H2,1H3/t12-;11-/m11/s1. The number of carbonyl (C=O) groups excluding carboxylic acids is 2. The Morgan fingerprint density at radius 3 is 1.68 bits per heavy atom. The summed E-state index contributed by atoms with van der Waals surface area (Å²) in [4.78, 5) is 23.3. The van der Waals surface area contributed by atoms with Gasteiger partial charge in [-0.3, -0.25) is 9.59 Å². The van der Waals surface area contributed by atoms with Gasteiger partial charge >= 0.3 is 0 Å². The number of nitrogens with two attached hydrogens (primary N) is 1. The van der Waals surface area contributed by atoms with Crippen molar-refractivity contribution in [2.45, 2.75) is 37.8 Å². The van der Waals surface area contributed by atoms with Crippen molar-refractivity contribution in [3.8, 4) is 0 Å². The van der Waals surface area contributed by atoms with Crippen LogP contribution >= 0.6 is 0 Å². The molecule has 0 aromatic heterocycles. The second kappa shape index (κ2) is 16.3. The smallest absolute Gasteiger partial charge is 0.152 e. The molecule has 0 amide bonds. The summed E-state index contributed by atoms with van der Waals surface area (Å²) in [6, 6.07) is 19.3. The molecule has 0 fully saturated rings. The summed E-state index contributed by atoms with van der Waals surface area (Å²) in [5.41, 5.74) is 7.98. The summed E-state index contributed by atoms with van der Waals surface area (Å²) in [7, 11) is 4.93. The molecule has 2 aromatic rings. The molecule has 0 aliphatic rings. The van der Waals surface area contributed by atoms with E-state index in [-0.39, 0.29) is 17.6 Å². The monoisotopic (exact) mass is 428 g/mol. The maximum atomic E-state index is 11.8. The predicted molar refractivity (Wildman–Crippen MR) is 124 cm³/mol. The van der Waals surface area contributed by atoms with Crippen molar-refractivity contribution in [2.24, 2.45) is 5.73 Å². The Labute approximate surface area is 186 Å². The summed E-state index contributed by atoms with van der Waals surface area (Å²) >= 11 is 0. The maximum absolute atomic E-state index is 11.8. The number of carbonyl (C=O) groups is 2. The number of rotatable bonds is 13. The Morgan fingerprint density at radius 2 is 1.26 bits per heavy atom. The van der Waals surface area contributed by atoms with Crippen LogP contribution < -0.4 is 11.1 Å². The fourth-order valence-corrected chi connectivity index (χ4v) is 2.96. The first-order chi connectivity index (χ1) is 15.0. The van der Waals surface area contributed by atoms with Crippen molar-refractivity contribution < 1.29 is 19.1 Å². The molecular formula is C25H36N2O4. The number of hydrogen-bond acceptors (Lipinski definition) is 6. The molecule has 2 atom stereocenters. The summed E-state index contributed by atoms with van der Waals surface area (Å²) in [5, 5.41) is 2.96. The molecule has 0 radical (unpaired) electrons. The van der Waals surface area contributed by atoms with Gasteiger partial charge in [0, 0.05) is 27.1 Å². The van der Waals surface area contributed by atoms with Gasteiger partial charge in [-0.1, -0.05) is 60.7 Å². The summed E-state index contributed by atoms with van der Waals surface area (Å²) in [6.07, 6.45) is 2.58. The Hall–Kier alpha value is -2.38. The molecule has 0 bridgehead atoms. The van der Waals surface area contributed by atoms with Gasteiger partial charge in [0.05, 0.1) is 25.3 Å². The van der Waals surface area contributed by atoms with Crippen molar-refractivity contribution in [2.75, 3.05) is 34.5 Å². The lowest BCUT2D eigenvalue weighted by atomic mass is 10.0. The molecule has 0 spiro atoms. The van der Waals surface area contributed by atoms with E-state index >= 15 is 0 Å². The number of likely N-dealkylation sites (N-methyl/N-ethyl adjacent to an activating group) is 1. The van der Waals surface area contributed by atoms with Crippen LogP contribution in [0.4, 0.5) is 0 Å². The highest BCUT2D eigenvalue weighted by Crippen LogP contribution is 2.05. The third kappa shape index (κ3) is 11.5. The zero-order chi connectivity index (χ0) is 22.9. The average Bonchev–Trinajstić information content (AvgIpc) is 2.81. The molecule has 2 rings (SSSR count). The highest BCUT2D eigenvalue weighted by atomic mass is 16.5. The van der Waals surface area contributed by atoms with E-state index in [1.165, 1.54) is 5.56 Å². The molecule has 2 aromatic carbocycles. The Bertz CT molecular complexity index is 738. The van der Waals surface area contributed by atoms with Crippen LogP contribution in [-0.4, -0.2) is 58.1 Å². The summed E-state index contributed by atoms with van der Waals surface area (Å²) < 4.78 is 9.82. The minimum absolute atomic E-state index is 0.0562. The number of hydrogen-bond donors (Lipinski definition) is 2. The molecule has 0 unspecified atom stereocenters. The van der Waals surface area contributed by atoms with Gasteiger partial charge in [0.1, 0.15) is 0 Å². The number of benzene rings is 2. The predicted octanol–water partition coefficient (Wildman–Crippen LogP) is 2.58. The van der Waals surface area contributed by atoms with Crippen molar-refractivity contribution in [1.29, 1.82) is 0 Å². The van der Waals surface area contributed by atoms with Crippen molar-refractivity contribution >= 4 is 11.6 Å². The minimum Gasteiger partial charge on any atom is -0.383 e. The van der Waals surface area contributed by atoms with Gasteiger partial charge in [-0.2, -0.15) is 0 Å². The van der Waals surface area contributed by atoms with Crippen LogP contribution in [0, 0.1) is 0 Å². The van der Waals surface area contributed by atoms with Gasteiger partial charge in [-0.15, -0.1) is 0 Å². The zero-order valence-corrected chi connectivity index (χ0v) is 18.9. The lowest BCUT2D eigenvalue weighted by Crippen LogP contribution is -2.38. The molecule has 0 heterocycles. The van der Waals surface area contributed by atoms with Crippen LogP contribution in [0.2, 0.25) is 0 Å². The van der Waals surface area contributed by atoms with Gasteiger partial charge in [0.15, 0.2) is 11.6 Å². The maximum Gasteiger partial charge on any atom is 0.152 e. The largest absolute Gasteiger partial charge is 0.383 e. The van der Waals surface area contributed by atoms with Gasteiger partial charge in [0.2, 0.25) is 0 Å². The van der Waals surface area contributed by atoms with Crippen LogP contribution in [-0.2, 0) is 31.9 Å². The lowest BCUT2D eigenvalue weighted by molar-refractivity contribution is -0.122. The molecule has 3 N–H and O–H groups in total. The Morgan fingerprint density at radius 1 is 0.806 bits per heavy atom. The topological polar surface area (TPSA) is 90.7 Å². The number of ether oxygens (including phenoxy) is 2. The number of Topliss-reactive ketones (excluding diaryl/α,β-unsaturated/α-hetero) is 2. The molecular weight excluding hydrogens is 392 g/mol. The first-order valence-electron chi connectivity index (χ1n) is 10.6. The highest BCUT2D eigenvalue weighted by molar-refractivity contribution is 5.84. The first kappa shape index (κ1) is 26.7. The van der Waals surface area contributed by atoms with E-state index in [1.54, 1.807) is 21.3 Å². The van der Waals surface area contributed by atoms with Crippen molar-refractivity contribution in [3.05, 3.63) is 71.8 Å². The van der Waals surface area contributed by atoms with Gasteiger partial charge < -0.3 is 20.5 Å². The Kier molecular flexibility index (Phi) is 14.0. The second-order valence-corrected chi connectivity index (χ2v) is 7.26. The lowest BCUT2D eigenvalue weighted by Gasteiger charge is -2.13. The van der Waals surface area contributed by atoms with E-state index in [2.05, 4.69) is 5.32 Å². The molecule has 0 saturated carbocycles. The normalized spacial score (nSPS) is 12.4. The van der Waals surface area contributed by atoms with E-state index in [4.69, 9.17) is 15.2 Å². The SMILES string of the molecule is CN[C@H](COC)C(=O)CCc1ccccc1.COC[C@@H](N)C(=O)CCc1ccccc1. The van der Waals surface area contributed by atoms with Crippen LogP contribution in [0.25, 0.3) is 0 Å². The highest BCUT2D eigenvalue weighted by Gasteiger charge is 2.15. The first-order valence-corrected chi connectivity index (χ1v) is 10.6. The number of methoxy groups -OCH3 is 2. The van der Waals surface area contributed by atoms with Crippen molar-refractivity contribution in [3.63, 3.8) is 0 Å². The third-order valence-electron chi connectivity index (χ3n) is 4.84. The van der Waals surface area contributed by atoms with Gasteiger partial charge in [-0.05, 0) is 31.0 Å². The van der Waals surface area contributed by atoms with Crippen LogP contribution in [0.1, 0.15) is 24.0 Å². The quantitative estimate of drug-likeness (QED) is 0.510. The van der Waals surface area contributed by atoms with Crippen LogP contribution in [0.3, 0.4) is 0 Å². The average molecular weight is 429 g/mol. The van der Waals surface area contributed by atoms with E-state index in [0.717, 1.165) is 18.4 Å². The van der Waals surface area contributed by atoms with E-state index in [1.807, 2.05) is 60.7 Å². The molecule has 0 saturated heterocycles. The number of aryl methyl sites for hydroxylation is 2. The van der Waals surface area contributed by atoms with Gasteiger partial charge in [0.25, 0.3) is 0 Å². The summed E-state index contributed by atoms with van der Waals surface area (Å²) in [5.74, 6) is 0.258. The second-order valence-electron chi connectivity index (χ2n) is 7.26. The van der Waals surface area contributed by atoms with Crippen LogP contribution in [0.5, 0.6) is 0 Å². The fraction of sp³-hybridized carbons (Fsp3) is 0.440. The van der Waals surface area contributed by atoms with E-state index in [0.29, 0.717) is 26.1 Å². The van der Waals surface area contributed by atoms with Crippen molar-refractivity contribution in [1.82, 2.24) is 5.32 Å². The third-order valence-corrected chi connectivity index (χ3v) is 4.84. The van der Waals surface area contributed by atoms with E-state index in [9.17, 15) is 9.59 Å². The minimum atomic E-state index is -0.487. The molecule has 170 valence electrons. The molecule has 0 aliphatic carbocycles. The molecule has 6 heteroatoms. The van der Waals surface area contributed by atoms with Gasteiger partial charge in [-0.25, -0.2) is 0 Å². The molecule has 31 heavy (non-hydrogen) atoms. The Balaban J connectivity index is 0.000000311. The molecule has 6 nitrogen and oxygen atoms in total. The number of nitrogens with one attached hydrogen (secondary N) is 1. The number of ketones is 2. The zero-order valence-electron chi connectivity index (χ0n) is 18.9. The van der Waals surface area contributed by atoms with Crippen LogP contribution in [0.15, 0.2) is 60.7 Å². The van der Waals surface area contributed by atoms with E-state index < -0.39 is 6.04 Å².